The van der Waals surface area contributed by atoms with Crippen molar-refractivity contribution < 1.29 is 9.18 Å². The highest BCUT2D eigenvalue weighted by Crippen LogP contribution is 2.26. The van der Waals surface area contributed by atoms with Gasteiger partial charge in [-0.3, -0.25) is 9.69 Å². The molecule has 6 heteroatoms. The molecule has 178 valence electrons. The number of hydrogen-bond donors (Lipinski definition) is 1. The number of halogens is 2. The molecule has 2 aromatic rings. The van der Waals surface area contributed by atoms with Crippen LogP contribution in [0.3, 0.4) is 0 Å². The van der Waals surface area contributed by atoms with Crippen LogP contribution in [0.1, 0.15) is 56.7 Å². The summed E-state index contributed by atoms with van der Waals surface area (Å²) in [5, 5.41) is 3.62. The second-order valence-corrected chi connectivity index (χ2v) is 10.2. The van der Waals surface area contributed by atoms with Crippen LogP contribution in [0.15, 0.2) is 42.5 Å². The minimum atomic E-state index is -0.267. The van der Waals surface area contributed by atoms with Gasteiger partial charge >= 0.3 is 0 Å². The Balaban J connectivity index is 1.24. The first-order chi connectivity index (χ1) is 15.9. The van der Waals surface area contributed by atoms with Crippen molar-refractivity contribution in [1.82, 2.24) is 10.2 Å². The number of likely N-dealkylation sites (tertiary alicyclic amines) is 1. The van der Waals surface area contributed by atoms with Crippen LogP contribution in [0.4, 0.5) is 10.1 Å². The molecule has 2 heterocycles. The van der Waals surface area contributed by atoms with E-state index >= 15 is 0 Å². The maximum absolute atomic E-state index is 14.1. The molecule has 0 aliphatic carbocycles. The van der Waals surface area contributed by atoms with Crippen molar-refractivity contribution in [3.05, 3.63) is 64.4 Å². The van der Waals surface area contributed by atoms with Crippen molar-refractivity contribution in [2.45, 2.75) is 52.1 Å². The van der Waals surface area contributed by atoms with Gasteiger partial charge in [0.25, 0.3) is 0 Å². The van der Waals surface area contributed by atoms with E-state index in [4.69, 9.17) is 11.6 Å². The van der Waals surface area contributed by atoms with Crippen LogP contribution in [0, 0.1) is 17.7 Å². The Bertz CT molecular complexity index is 935. The van der Waals surface area contributed by atoms with Crippen molar-refractivity contribution in [2.24, 2.45) is 11.8 Å². The maximum atomic E-state index is 14.1. The standard InChI is InChI=1S/C27H35ClFN3O/c1-19-9-15-32(16-10-19)25-7-4-21(5-8-25)20(2)30-27(33)22-11-13-31(14-12-22)18-23-3-6-24(28)17-26(23)29/h3-8,17,19-20,22H,9-16,18H2,1-2H3,(H,30,33)/t20-/m0/s1. The third kappa shape index (κ3) is 6.27. The fraction of sp³-hybridized carbons (Fsp3) is 0.519. The highest BCUT2D eigenvalue weighted by Gasteiger charge is 2.26. The molecule has 0 bridgehead atoms. The molecule has 2 saturated heterocycles. The van der Waals surface area contributed by atoms with Gasteiger partial charge in [0.05, 0.1) is 6.04 Å². The zero-order valence-electron chi connectivity index (χ0n) is 19.7. The molecule has 0 spiro atoms. The van der Waals surface area contributed by atoms with Gasteiger partial charge in [-0.1, -0.05) is 36.7 Å². The molecule has 33 heavy (non-hydrogen) atoms. The first-order valence-corrected chi connectivity index (χ1v) is 12.6. The first kappa shape index (κ1) is 24.0. The number of carbonyl (C=O) groups excluding carboxylic acids is 1. The van der Waals surface area contributed by atoms with Gasteiger partial charge in [-0.2, -0.15) is 0 Å². The van der Waals surface area contributed by atoms with Gasteiger partial charge in [0.1, 0.15) is 5.82 Å². The van der Waals surface area contributed by atoms with Gasteiger partial charge in [-0.15, -0.1) is 0 Å². The van der Waals surface area contributed by atoms with Crippen molar-refractivity contribution in [3.8, 4) is 0 Å². The number of benzene rings is 2. The summed E-state index contributed by atoms with van der Waals surface area (Å²) < 4.78 is 14.1. The highest BCUT2D eigenvalue weighted by atomic mass is 35.5. The van der Waals surface area contributed by atoms with Gasteiger partial charge in [0.15, 0.2) is 0 Å². The van der Waals surface area contributed by atoms with Crippen LogP contribution >= 0.6 is 11.6 Å². The average molecular weight is 472 g/mol. The minimum absolute atomic E-state index is 0.00776. The number of rotatable bonds is 6. The predicted octanol–water partition coefficient (Wildman–Crippen LogP) is 5.80. The van der Waals surface area contributed by atoms with E-state index in [-0.39, 0.29) is 23.7 Å². The summed E-state index contributed by atoms with van der Waals surface area (Å²) in [6.07, 6.45) is 4.09. The molecule has 4 nitrogen and oxygen atoms in total. The lowest BCUT2D eigenvalue weighted by Crippen LogP contribution is -2.41. The summed E-state index contributed by atoms with van der Waals surface area (Å²) >= 11 is 5.85. The number of anilines is 1. The Hall–Kier alpha value is -2.11. The Morgan fingerprint density at radius 3 is 2.36 bits per heavy atom. The van der Waals surface area contributed by atoms with E-state index in [1.807, 2.05) is 6.92 Å². The molecule has 0 aromatic heterocycles. The zero-order chi connectivity index (χ0) is 23.4. The van der Waals surface area contributed by atoms with E-state index in [2.05, 4.69) is 46.3 Å². The SMILES string of the molecule is CC1CCN(c2ccc([C@H](C)NC(=O)C3CCN(Cc4ccc(Cl)cc4F)CC3)cc2)CC1. The Morgan fingerprint density at radius 1 is 1.06 bits per heavy atom. The van der Waals surface area contributed by atoms with Crippen LogP contribution in [0.25, 0.3) is 0 Å². The Kier molecular flexibility index (Phi) is 7.92. The van der Waals surface area contributed by atoms with Gasteiger partial charge in [0.2, 0.25) is 5.91 Å². The molecule has 2 aliphatic heterocycles. The van der Waals surface area contributed by atoms with Crippen LogP contribution < -0.4 is 10.2 Å². The molecule has 0 radical (unpaired) electrons. The van der Waals surface area contributed by atoms with Gasteiger partial charge in [-0.05, 0) is 81.4 Å². The molecule has 2 aromatic carbocycles. The Labute approximate surface area is 202 Å². The second-order valence-electron chi connectivity index (χ2n) is 9.78. The number of carbonyl (C=O) groups is 1. The van der Waals surface area contributed by atoms with Crippen LogP contribution in [-0.2, 0) is 11.3 Å². The topological polar surface area (TPSA) is 35.6 Å². The van der Waals surface area contributed by atoms with E-state index < -0.39 is 0 Å². The second kappa shape index (κ2) is 10.9. The lowest BCUT2D eigenvalue weighted by Gasteiger charge is -2.32. The average Bonchev–Trinajstić information content (AvgIpc) is 2.82. The highest BCUT2D eigenvalue weighted by molar-refractivity contribution is 6.30. The number of hydrogen-bond acceptors (Lipinski definition) is 3. The fourth-order valence-corrected chi connectivity index (χ4v) is 5.06. The lowest BCUT2D eigenvalue weighted by atomic mass is 9.94. The molecule has 4 rings (SSSR count). The molecule has 1 N–H and O–H groups in total. The third-order valence-corrected chi connectivity index (χ3v) is 7.50. The van der Waals surface area contributed by atoms with E-state index in [0.717, 1.165) is 50.5 Å². The summed E-state index contributed by atoms with van der Waals surface area (Å²) in [6.45, 7) is 8.75. The van der Waals surface area contributed by atoms with Gasteiger partial charge < -0.3 is 10.2 Å². The van der Waals surface area contributed by atoms with E-state index in [9.17, 15) is 9.18 Å². The molecule has 1 amide bonds. The number of nitrogens with zero attached hydrogens (tertiary/aromatic N) is 2. The summed E-state index contributed by atoms with van der Waals surface area (Å²) in [7, 11) is 0. The summed E-state index contributed by atoms with van der Waals surface area (Å²) in [5.41, 5.74) is 3.06. The zero-order valence-corrected chi connectivity index (χ0v) is 20.5. The minimum Gasteiger partial charge on any atom is -0.372 e. The largest absolute Gasteiger partial charge is 0.372 e. The van der Waals surface area contributed by atoms with Gasteiger partial charge in [-0.25, -0.2) is 4.39 Å². The normalized spacial score (nSPS) is 19.5. The van der Waals surface area contributed by atoms with E-state index in [1.54, 1.807) is 12.1 Å². The maximum Gasteiger partial charge on any atom is 0.223 e. The summed E-state index contributed by atoms with van der Waals surface area (Å²) in [6, 6.07) is 13.5. The van der Waals surface area contributed by atoms with Crippen LogP contribution in [0.2, 0.25) is 5.02 Å². The fourth-order valence-electron chi connectivity index (χ4n) is 4.90. The molecule has 2 fully saturated rings. The lowest BCUT2D eigenvalue weighted by molar-refractivity contribution is -0.127. The molecule has 0 saturated carbocycles. The first-order valence-electron chi connectivity index (χ1n) is 12.2. The number of piperidine rings is 2. The van der Waals surface area contributed by atoms with Crippen molar-refractivity contribution in [3.63, 3.8) is 0 Å². The van der Waals surface area contributed by atoms with E-state index in [0.29, 0.717) is 17.1 Å². The predicted molar refractivity (Wildman–Crippen MR) is 133 cm³/mol. The smallest absolute Gasteiger partial charge is 0.223 e. The third-order valence-electron chi connectivity index (χ3n) is 7.27. The van der Waals surface area contributed by atoms with Crippen LogP contribution in [-0.4, -0.2) is 37.0 Å². The number of amides is 1. The van der Waals surface area contributed by atoms with Crippen molar-refractivity contribution >= 4 is 23.2 Å². The molecule has 0 unspecified atom stereocenters. The Morgan fingerprint density at radius 2 is 1.73 bits per heavy atom. The molecular formula is C27H35ClFN3O. The summed E-state index contributed by atoms with van der Waals surface area (Å²) in [4.78, 5) is 17.5. The van der Waals surface area contributed by atoms with Crippen molar-refractivity contribution in [2.75, 3.05) is 31.1 Å². The molecular weight excluding hydrogens is 437 g/mol. The molecule has 2 aliphatic rings. The van der Waals surface area contributed by atoms with Crippen molar-refractivity contribution in [1.29, 1.82) is 0 Å². The summed E-state index contributed by atoms with van der Waals surface area (Å²) in [5.74, 6) is 0.681. The van der Waals surface area contributed by atoms with E-state index in [1.165, 1.54) is 24.6 Å². The quantitative estimate of drug-likeness (QED) is 0.577. The number of nitrogens with one attached hydrogen (secondary N) is 1. The van der Waals surface area contributed by atoms with Crippen LogP contribution in [0.5, 0.6) is 0 Å². The van der Waals surface area contributed by atoms with Gasteiger partial charge in [0, 0.05) is 41.8 Å². The monoisotopic (exact) mass is 471 g/mol. The molecule has 1 atom stereocenters.